The number of halogens is 1. The topological polar surface area (TPSA) is 59.6 Å². The van der Waals surface area contributed by atoms with E-state index in [0.717, 1.165) is 32.2 Å². The molecule has 6 heteroatoms. The van der Waals surface area contributed by atoms with Crippen molar-refractivity contribution in [3.05, 3.63) is 23.8 Å². The van der Waals surface area contributed by atoms with Crippen molar-refractivity contribution in [3.63, 3.8) is 0 Å². The molecule has 2 atom stereocenters. The number of hydrogen-bond acceptors (Lipinski definition) is 4. The molecule has 0 aromatic heterocycles. The number of carbonyl (C=O) groups excluding carboxylic acids is 1. The van der Waals surface area contributed by atoms with Crippen LogP contribution in [0.25, 0.3) is 0 Å². The minimum atomic E-state index is -0.0587. The van der Waals surface area contributed by atoms with E-state index in [1.165, 1.54) is 0 Å². The molecule has 0 aliphatic carbocycles. The Morgan fingerprint density at radius 2 is 2.08 bits per heavy atom. The number of piperidine rings is 1. The largest absolute Gasteiger partial charge is 0.490 e. The van der Waals surface area contributed by atoms with Gasteiger partial charge in [-0.05, 0) is 57.9 Å². The summed E-state index contributed by atoms with van der Waals surface area (Å²) in [6.45, 7) is 8.39. The Bertz CT molecular complexity index is 539. The molecular formula is C19H31ClN2O3. The fourth-order valence-corrected chi connectivity index (χ4v) is 2.86. The number of hydrogen-bond donors (Lipinski definition) is 2. The molecule has 1 aromatic rings. The monoisotopic (exact) mass is 370 g/mol. The average Bonchev–Trinajstić information content (AvgIpc) is 2.58. The maximum atomic E-state index is 12.6. The standard InChI is InChI=1S/C19H30N2O3.ClH/c1-4-6-12-24-17-10-9-15(13-18(17)23-5-2)19(22)21-16-8-7-11-20-14(16)3;/h9-10,13-14,16,20H,4-8,11-12H2,1-3H3,(H,21,22);1H. The predicted octanol–water partition coefficient (Wildman–Crippen LogP) is 3.56. The number of rotatable bonds is 8. The van der Waals surface area contributed by atoms with Gasteiger partial charge in [-0.3, -0.25) is 4.79 Å². The van der Waals surface area contributed by atoms with Crippen LogP contribution in [0.1, 0.15) is 56.8 Å². The van der Waals surface area contributed by atoms with E-state index in [2.05, 4.69) is 24.5 Å². The van der Waals surface area contributed by atoms with Gasteiger partial charge < -0.3 is 20.1 Å². The maximum Gasteiger partial charge on any atom is 0.251 e. The third-order valence-electron chi connectivity index (χ3n) is 4.34. The van der Waals surface area contributed by atoms with E-state index in [9.17, 15) is 4.79 Å². The Hall–Kier alpha value is -1.46. The molecule has 2 unspecified atom stereocenters. The predicted molar refractivity (Wildman–Crippen MR) is 103 cm³/mol. The second-order valence-electron chi connectivity index (χ2n) is 6.26. The van der Waals surface area contributed by atoms with Crippen LogP contribution >= 0.6 is 12.4 Å². The number of carbonyl (C=O) groups is 1. The first kappa shape index (κ1) is 21.6. The van der Waals surface area contributed by atoms with Gasteiger partial charge in [0.2, 0.25) is 0 Å². The number of benzene rings is 1. The van der Waals surface area contributed by atoms with E-state index < -0.39 is 0 Å². The van der Waals surface area contributed by atoms with Gasteiger partial charge in [0.25, 0.3) is 5.91 Å². The summed E-state index contributed by atoms with van der Waals surface area (Å²) in [4.78, 5) is 12.6. The Labute approximate surface area is 157 Å². The summed E-state index contributed by atoms with van der Waals surface area (Å²) < 4.78 is 11.4. The Balaban J connectivity index is 0.00000312. The zero-order valence-electron chi connectivity index (χ0n) is 15.5. The summed E-state index contributed by atoms with van der Waals surface area (Å²) in [7, 11) is 0. The molecule has 5 nitrogen and oxygen atoms in total. The Morgan fingerprint density at radius 3 is 2.76 bits per heavy atom. The normalized spacial score (nSPS) is 19.6. The smallest absolute Gasteiger partial charge is 0.251 e. The fourth-order valence-electron chi connectivity index (χ4n) is 2.86. The number of ether oxygens (including phenoxy) is 2. The zero-order chi connectivity index (χ0) is 17.4. The molecule has 1 heterocycles. The minimum absolute atomic E-state index is 0. The lowest BCUT2D eigenvalue weighted by Crippen LogP contribution is -2.51. The Morgan fingerprint density at radius 1 is 1.28 bits per heavy atom. The van der Waals surface area contributed by atoms with E-state index in [1.54, 1.807) is 12.1 Å². The molecule has 25 heavy (non-hydrogen) atoms. The highest BCUT2D eigenvalue weighted by Crippen LogP contribution is 2.29. The van der Waals surface area contributed by atoms with Gasteiger partial charge in [0.05, 0.1) is 13.2 Å². The van der Waals surface area contributed by atoms with Crippen molar-refractivity contribution < 1.29 is 14.3 Å². The molecule has 0 spiro atoms. The van der Waals surface area contributed by atoms with Crippen LogP contribution in [0.15, 0.2) is 18.2 Å². The SMILES string of the molecule is CCCCOc1ccc(C(=O)NC2CCCNC2C)cc1OCC.Cl. The molecule has 1 aliphatic heterocycles. The van der Waals surface area contributed by atoms with E-state index >= 15 is 0 Å². The van der Waals surface area contributed by atoms with Gasteiger partial charge >= 0.3 is 0 Å². The van der Waals surface area contributed by atoms with Crippen LogP contribution in [0.2, 0.25) is 0 Å². The lowest BCUT2D eigenvalue weighted by atomic mass is 9.99. The summed E-state index contributed by atoms with van der Waals surface area (Å²) in [6, 6.07) is 5.88. The van der Waals surface area contributed by atoms with E-state index in [-0.39, 0.29) is 24.4 Å². The molecule has 1 amide bonds. The Kier molecular flexibility index (Phi) is 9.68. The molecule has 1 fully saturated rings. The summed E-state index contributed by atoms with van der Waals surface area (Å²) in [5, 5.41) is 6.53. The van der Waals surface area contributed by atoms with Crippen LogP contribution in [-0.2, 0) is 0 Å². The van der Waals surface area contributed by atoms with E-state index in [1.807, 2.05) is 13.0 Å². The number of unbranched alkanes of at least 4 members (excludes halogenated alkanes) is 1. The van der Waals surface area contributed by atoms with Crippen LogP contribution in [0.5, 0.6) is 11.5 Å². The van der Waals surface area contributed by atoms with Gasteiger partial charge in [-0.15, -0.1) is 12.4 Å². The third kappa shape index (κ3) is 6.40. The molecule has 1 saturated heterocycles. The van der Waals surface area contributed by atoms with Crippen molar-refractivity contribution >= 4 is 18.3 Å². The summed E-state index contributed by atoms with van der Waals surface area (Å²) in [5.41, 5.74) is 0.610. The van der Waals surface area contributed by atoms with Crippen LogP contribution in [0.3, 0.4) is 0 Å². The molecule has 0 saturated carbocycles. The van der Waals surface area contributed by atoms with Crippen molar-refractivity contribution in [1.82, 2.24) is 10.6 Å². The number of nitrogens with one attached hydrogen (secondary N) is 2. The first-order chi connectivity index (χ1) is 11.7. The molecule has 0 radical (unpaired) electrons. The van der Waals surface area contributed by atoms with Crippen molar-refractivity contribution in [2.75, 3.05) is 19.8 Å². The van der Waals surface area contributed by atoms with Gasteiger partial charge in [-0.1, -0.05) is 13.3 Å². The van der Waals surface area contributed by atoms with Crippen molar-refractivity contribution in [3.8, 4) is 11.5 Å². The molecule has 0 bridgehead atoms. The summed E-state index contributed by atoms with van der Waals surface area (Å²) in [6.07, 6.45) is 4.18. The van der Waals surface area contributed by atoms with Crippen LogP contribution < -0.4 is 20.1 Å². The van der Waals surface area contributed by atoms with Crippen molar-refractivity contribution in [2.24, 2.45) is 0 Å². The first-order valence-corrected chi connectivity index (χ1v) is 9.09. The van der Waals surface area contributed by atoms with Gasteiger partial charge in [0.1, 0.15) is 0 Å². The highest BCUT2D eigenvalue weighted by atomic mass is 35.5. The summed E-state index contributed by atoms with van der Waals surface area (Å²) in [5.74, 6) is 1.28. The average molecular weight is 371 g/mol. The third-order valence-corrected chi connectivity index (χ3v) is 4.34. The van der Waals surface area contributed by atoms with Gasteiger partial charge in [0, 0.05) is 17.6 Å². The lowest BCUT2D eigenvalue weighted by molar-refractivity contribution is 0.0919. The fraction of sp³-hybridized carbons (Fsp3) is 0.632. The van der Waals surface area contributed by atoms with E-state index in [4.69, 9.17) is 9.47 Å². The van der Waals surface area contributed by atoms with Gasteiger partial charge in [-0.25, -0.2) is 0 Å². The van der Waals surface area contributed by atoms with Crippen LogP contribution in [0.4, 0.5) is 0 Å². The van der Waals surface area contributed by atoms with Crippen molar-refractivity contribution in [2.45, 2.75) is 58.5 Å². The molecule has 2 rings (SSSR count). The molecular weight excluding hydrogens is 340 g/mol. The highest BCUT2D eigenvalue weighted by molar-refractivity contribution is 5.95. The van der Waals surface area contributed by atoms with Gasteiger partial charge in [-0.2, -0.15) is 0 Å². The highest BCUT2D eigenvalue weighted by Gasteiger charge is 2.23. The first-order valence-electron chi connectivity index (χ1n) is 9.09. The molecule has 1 aromatic carbocycles. The van der Waals surface area contributed by atoms with Crippen molar-refractivity contribution in [1.29, 1.82) is 0 Å². The second-order valence-corrected chi connectivity index (χ2v) is 6.26. The lowest BCUT2D eigenvalue weighted by Gasteiger charge is -2.30. The summed E-state index contributed by atoms with van der Waals surface area (Å²) >= 11 is 0. The zero-order valence-corrected chi connectivity index (χ0v) is 16.3. The quantitative estimate of drug-likeness (QED) is 0.687. The minimum Gasteiger partial charge on any atom is -0.490 e. The van der Waals surface area contributed by atoms with E-state index in [0.29, 0.717) is 36.3 Å². The van der Waals surface area contributed by atoms with Gasteiger partial charge in [0.15, 0.2) is 11.5 Å². The van der Waals surface area contributed by atoms with Crippen LogP contribution in [-0.4, -0.2) is 37.7 Å². The molecule has 1 aliphatic rings. The molecule has 142 valence electrons. The second kappa shape index (κ2) is 11.2. The molecule has 2 N–H and O–H groups in total. The maximum absolute atomic E-state index is 12.6. The number of amides is 1. The van der Waals surface area contributed by atoms with Crippen LogP contribution in [0, 0.1) is 0 Å².